The Morgan fingerprint density at radius 1 is 1.24 bits per heavy atom. The first kappa shape index (κ1) is 13.3. The van der Waals surface area contributed by atoms with Gasteiger partial charge in [-0.15, -0.1) is 4.91 Å². The van der Waals surface area contributed by atoms with Crippen LogP contribution in [0, 0.1) is 16.5 Å². The van der Waals surface area contributed by atoms with Gasteiger partial charge in [-0.2, -0.15) is 0 Å². The maximum Gasteiger partial charge on any atom is 0.209 e. The van der Waals surface area contributed by atoms with Crippen molar-refractivity contribution in [3.8, 4) is 11.3 Å². The molecule has 7 heteroatoms. The van der Waals surface area contributed by atoms with Gasteiger partial charge in [-0.05, 0) is 35.0 Å². The predicted molar refractivity (Wildman–Crippen MR) is 71.9 cm³/mol. The third kappa shape index (κ3) is 2.17. The molecule has 106 valence electrons. The molecule has 0 radical (unpaired) electrons. The van der Waals surface area contributed by atoms with Crippen LogP contribution in [0.3, 0.4) is 0 Å². The summed E-state index contributed by atoms with van der Waals surface area (Å²) in [5.41, 5.74) is 0.701. The summed E-state index contributed by atoms with van der Waals surface area (Å²) in [5, 5.41) is 12.0. The predicted octanol–water partition coefficient (Wildman–Crippen LogP) is 3.17. The van der Waals surface area contributed by atoms with Gasteiger partial charge in [0.25, 0.3) is 0 Å². The lowest BCUT2D eigenvalue weighted by atomic mass is 10.1. The Morgan fingerprint density at radius 3 is 2.76 bits per heavy atom. The molecule has 0 spiro atoms. The highest BCUT2D eigenvalue weighted by Crippen LogP contribution is 2.33. The van der Waals surface area contributed by atoms with Gasteiger partial charge in [-0.1, -0.05) is 6.07 Å². The molecule has 3 rings (SSSR count). The first-order valence-corrected chi connectivity index (χ1v) is 6.04. The Morgan fingerprint density at radius 2 is 2.05 bits per heavy atom. The van der Waals surface area contributed by atoms with Gasteiger partial charge in [0.1, 0.15) is 23.0 Å². The number of aliphatic hydroxyl groups is 1. The summed E-state index contributed by atoms with van der Waals surface area (Å²) in [6.45, 7) is -0.226. The third-order valence-corrected chi connectivity index (χ3v) is 3.11. The quantitative estimate of drug-likeness (QED) is 0.753. The smallest absolute Gasteiger partial charge is 0.209 e. The molecule has 0 saturated carbocycles. The summed E-state index contributed by atoms with van der Waals surface area (Å²) in [6, 6.07) is 6.07. The number of aromatic nitrogens is 2. The van der Waals surface area contributed by atoms with E-state index in [1.165, 1.54) is 10.6 Å². The van der Waals surface area contributed by atoms with Crippen LogP contribution in [0.15, 0.2) is 41.7 Å². The Bertz CT molecular complexity index is 846. The standard InChI is InChI=1S/C14H9F2N3O2/c15-9-2-3-11(16)10(5-9)13-14(18-21)19-6-8(7-20)1-4-12(19)17-13/h1-6,20H,7H2. The number of pyridine rings is 1. The number of rotatable bonds is 3. The molecule has 2 aromatic heterocycles. The van der Waals surface area contributed by atoms with E-state index in [0.29, 0.717) is 11.2 Å². The lowest BCUT2D eigenvalue weighted by molar-refractivity contribution is 0.281. The minimum atomic E-state index is -0.702. The molecular weight excluding hydrogens is 280 g/mol. The fourth-order valence-corrected chi connectivity index (χ4v) is 2.12. The number of aliphatic hydroxyl groups excluding tert-OH is 1. The number of nitrogens with zero attached hydrogens (tertiary/aromatic N) is 3. The number of fused-ring (bicyclic) bond motifs is 1. The summed E-state index contributed by atoms with van der Waals surface area (Å²) in [4.78, 5) is 15.2. The summed E-state index contributed by atoms with van der Waals surface area (Å²) in [5.74, 6) is -1.49. The first-order valence-electron chi connectivity index (χ1n) is 6.04. The van der Waals surface area contributed by atoms with Crippen molar-refractivity contribution >= 4 is 11.5 Å². The zero-order chi connectivity index (χ0) is 15.0. The molecule has 0 bridgehead atoms. The van der Waals surface area contributed by atoms with E-state index >= 15 is 0 Å². The zero-order valence-electron chi connectivity index (χ0n) is 10.6. The lowest BCUT2D eigenvalue weighted by Crippen LogP contribution is -1.89. The molecule has 1 aromatic carbocycles. The fourth-order valence-electron chi connectivity index (χ4n) is 2.12. The van der Waals surface area contributed by atoms with E-state index in [1.807, 2.05) is 0 Å². The maximum absolute atomic E-state index is 13.8. The Hall–Kier alpha value is -2.67. The van der Waals surface area contributed by atoms with Crippen LogP contribution in [0.2, 0.25) is 0 Å². The van der Waals surface area contributed by atoms with Crippen LogP contribution < -0.4 is 0 Å². The van der Waals surface area contributed by atoms with E-state index in [0.717, 1.165) is 18.2 Å². The molecule has 0 amide bonds. The van der Waals surface area contributed by atoms with E-state index in [9.17, 15) is 13.7 Å². The second kappa shape index (κ2) is 5.02. The fraction of sp³-hybridized carbons (Fsp3) is 0.0714. The van der Waals surface area contributed by atoms with Gasteiger partial charge in [0, 0.05) is 11.8 Å². The van der Waals surface area contributed by atoms with Crippen LogP contribution in [0.5, 0.6) is 0 Å². The van der Waals surface area contributed by atoms with E-state index in [-0.39, 0.29) is 23.7 Å². The van der Waals surface area contributed by atoms with Crippen LogP contribution in [0.1, 0.15) is 5.56 Å². The average Bonchev–Trinajstić information content (AvgIpc) is 2.86. The molecule has 0 aliphatic heterocycles. The van der Waals surface area contributed by atoms with E-state index < -0.39 is 11.6 Å². The highest BCUT2D eigenvalue weighted by atomic mass is 19.1. The topological polar surface area (TPSA) is 67.0 Å². The molecular formula is C14H9F2N3O2. The number of benzene rings is 1. The largest absolute Gasteiger partial charge is 0.392 e. The lowest BCUT2D eigenvalue weighted by Gasteiger charge is -2.01. The van der Waals surface area contributed by atoms with Gasteiger partial charge in [0.2, 0.25) is 5.82 Å². The molecule has 0 fully saturated rings. The SMILES string of the molecule is O=Nc1c(-c2cc(F)ccc2F)nc2ccc(CO)cn12. The molecule has 3 aromatic rings. The molecule has 1 N–H and O–H groups in total. The summed E-state index contributed by atoms with van der Waals surface area (Å²) in [6.07, 6.45) is 1.47. The molecule has 0 aliphatic rings. The third-order valence-electron chi connectivity index (χ3n) is 3.11. The number of nitroso groups, excluding NO2 is 1. The van der Waals surface area contributed by atoms with Crippen LogP contribution in [0.4, 0.5) is 14.6 Å². The van der Waals surface area contributed by atoms with Gasteiger partial charge >= 0.3 is 0 Å². The van der Waals surface area contributed by atoms with Crippen molar-refractivity contribution in [2.45, 2.75) is 6.61 Å². The van der Waals surface area contributed by atoms with Gasteiger partial charge in [0.15, 0.2) is 0 Å². The van der Waals surface area contributed by atoms with Crippen molar-refractivity contribution in [2.24, 2.45) is 5.18 Å². The Labute approximate surface area is 117 Å². The van der Waals surface area contributed by atoms with Crippen molar-refractivity contribution in [1.29, 1.82) is 0 Å². The van der Waals surface area contributed by atoms with Gasteiger partial charge in [-0.25, -0.2) is 13.8 Å². The second-order valence-corrected chi connectivity index (χ2v) is 4.42. The van der Waals surface area contributed by atoms with Crippen molar-refractivity contribution < 1.29 is 13.9 Å². The van der Waals surface area contributed by atoms with E-state index in [1.54, 1.807) is 12.1 Å². The maximum atomic E-state index is 13.8. The number of imidazole rings is 1. The molecule has 0 atom stereocenters. The summed E-state index contributed by atoms with van der Waals surface area (Å²) >= 11 is 0. The van der Waals surface area contributed by atoms with E-state index in [4.69, 9.17) is 5.11 Å². The van der Waals surface area contributed by atoms with Gasteiger partial charge < -0.3 is 5.11 Å². The highest BCUT2D eigenvalue weighted by Gasteiger charge is 2.18. The molecule has 0 aliphatic carbocycles. The zero-order valence-corrected chi connectivity index (χ0v) is 10.6. The van der Waals surface area contributed by atoms with Crippen LogP contribution >= 0.6 is 0 Å². The highest BCUT2D eigenvalue weighted by molar-refractivity contribution is 5.75. The second-order valence-electron chi connectivity index (χ2n) is 4.42. The monoisotopic (exact) mass is 289 g/mol. The van der Waals surface area contributed by atoms with Crippen LogP contribution in [0.25, 0.3) is 16.9 Å². The molecule has 0 saturated heterocycles. The van der Waals surface area contributed by atoms with Crippen molar-refractivity contribution in [1.82, 2.24) is 9.38 Å². The van der Waals surface area contributed by atoms with Crippen molar-refractivity contribution in [3.63, 3.8) is 0 Å². The number of halogens is 2. The van der Waals surface area contributed by atoms with E-state index in [2.05, 4.69) is 10.2 Å². The minimum Gasteiger partial charge on any atom is -0.392 e. The normalized spacial score (nSPS) is 11.0. The van der Waals surface area contributed by atoms with Crippen LogP contribution in [-0.4, -0.2) is 14.5 Å². The average molecular weight is 289 g/mol. The minimum absolute atomic E-state index is 0.0444. The van der Waals surface area contributed by atoms with Crippen LogP contribution in [-0.2, 0) is 6.61 Å². The van der Waals surface area contributed by atoms with Gasteiger partial charge in [0.05, 0.1) is 6.61 Å². The first-order chi connectivity index (χ1) is 10.1. The molecule has 21 heavy (non-hydrogen) atoms. The summed E-state index contributed by atoms with van der Waals surface area (Å²) < 4.78 is 28.5. The van der Waals surface area contributed by atoms with Crippen molar-refractivity contribution in [2.75, 3.05) is 0 Å². The molecule has 0 unspecified atom stereocenters. The summed E-state index contributed by atoms with van der Waals surface area (Å²) in [7, 11) is 0. The van der Waals surface area contributed by atoms with Gasteiger partial charge in [-0.3, -0.25) is 4.40 Å². The molecule has 5 nitrogen and oxygen atoms in total. The Balaban J connectivity index is 2.32. The number of hydrogen-bond acceptors (Lipinski definition) is 4. The van der Waals surface area contributed by atoms with Crippen molar-refractivity contribution in [3.05, 3.63) is 58.6 Å². The Kier molecular flexibility index (Phi) is 3.19. The number of hydrogen-bond donors (Lipinski definition) is 1. The molecule has 2 heterocycles.